The molecule has 0 unspecified atom stereocenters. The molecule has 1 fully saturated rings. The number of piperidine rings is 1. The van der Waals surface area contributed by atoms with Crippen LogP contribution in [0.2, 0.25) is 0 Å². The SMILES string of the molecule is CCS(=O)(=O)NC1CCN(C(=O)OCCO)CC1. The smallest absolute Gasteiger partial charge is 0.409 e. The van der Waals surface area contributed by atoms with Gasteiger partial charge in [0, 0.05) is 19.1 Å². The third kappa shape index (κ3) is 4.79. The summed E-state index contributed by atoms with van der Waals surface area (Å²) in [5.41, 5.74) is 0. The molecule has 1 rings (SSSR count). The van der Waals surface area contributed by atoms with E-state index < -0.39 is 16.1 Å². The van der Waals surface area contributed by atoms with E-state index in [1.807, 2.05) is 0 Å². The highest BCUT2D eigenvalue weighted by atomic mass is 32.2. The van der Waals surface area contributed by atoms with E-state index in [1.54, 1.807) is 6.92 Å². The summed E-state index contributed by atoms with van der Waals surface area (Å²) in [7, 11) is -3.19. The quantitative estimate of drug-likeness (QED) is 0.709. The molecule has 18 heavy (non-hydrogen) atoms. The Bertz CT molecular complexity index is 362. The normalized spacial score (nSPS) is 17.8. The number of carbonyl (C=O) groups excluding carboxylic acids is 1. The van der Waals surface area contributed by atoms with Crippen molar-refractivity contribution in [1.29, 1.82) is 0 Å². The minimum absolute atomic E-state index is 0.0127. The van der Waals surface area contributed by atoms with Crippen molar-refractivity contribution < 1.29 is 23.1 Å². The Morgan fingerprint density at radius 2 is 2.06 bits per heavy atom. The van der Waals surface area contributed by atoms with Gasteiger partial charge in [-0.25, -0.2) is 17.9 Å². The molecule has 0 aromatic heterocycles. The summed E-state index contributed by atoms with van der Waals surface area (Å²) >= 11 is 0. The second-order valence-corrected chi connectivity index (χ2v) is 6.16. The molecule has 0 atom stereocenters. The number of sulfonamides is 1. The van der Waals surface area contributed by atoms with Gasteiger partial charge in [0.15, 0.2) is 0 Å². The highest BCUT2D eigenvalue weighted by molar-refractivity contribution is 7.89. The van der Waals surface area contributed by atoms with E-state index in [2.05, 4.69) is 4.72 Å². The van der Waals surface area contributed by atoms with Crippen LogP contribution >= 0.6 is 0 Å². The fourth-order valence-corrected chi connectivity index (χ4v) is 2.65. The maximum absolute atomic E-state index is 11.5. The molecule has 1 amide bonds. The Kier molecular flexibility index (Phi) is 5.83. The van der Waals surface area contributed by atoms with E-state index in [4.69, 9.17) is 9.84 Å². The molecule has 7 nitrogen and oxygen atoms in total. The first-order chi connectivity index (χ1) is 8.48. The summed E-state index contributed by atoms with van der Waals surface area (Å²) in [6.07, 6.45) is 0.696. The Balaban J connectivity index is 2.35. The topological polar surface area (TPSA) is 95.9 Å². The van der Waals surface area contributed by atoms with Crippen molar-refractivity contribution >= 4 is 16.1 Å². The van der Waals surface area contributed by atoms with Crippen LogP contribution in [0.15, 0.2) is 0 Å². The highest BCUT2D eigenvalue weighted by Crippen LogP contribution is 2.12. The van der Waals surface area contributed by atoms with Gasteiger partial charge >= 0.3 is 6.09 Å². The molecule has 0 bridgehead atoms. The average Bonchev–Trinajstić information content (AvgIpc) is 2.36. The molecule has 1 heterocycles. The molecule has 1 aliphatic heterocycles. The molecule has 0 saturated carbocycles. The van der Waals surface area contributed by atoms with Gasteiger partial charge in [-0.1, -0.05) is 0 Å². The van der Waals surface area contributed by atoms with E-state index in [1.165, 1.54) is 4.90 Å². The number of nitrogens with zero attached hydrogens (tertiary/aromatic N) is 1. The van der Waals surface area contributed by atoms with E-state index in [-0.39, 0.29) is 25.0 Å². The number of nitrogens with one attached hydrogen (secondary N) is 1. The minimum atomic E-state index is -3.19. The third-order valence-corrected chi connectivity index (χ3v) is 4.25. The predicted molar refractivity (Wildman–Crippen MR) is 65.6 cm³/mol. The van der Waals surface area contributed by atoms with E-state index in [9.17, 15) is 13.2 Å². The standard InChI is InChI=1S/C10H20N2O5S/c1-2-18(15,16)11-9-3-5-12(6-4-9)10(14)17-8-7-13/h9,11,13H,2-8H2,1H3. The van der Waals surface area contributed by atoms with Crippen LogP contribution in [0.1, 0.15) is 19.8 Å². The van der Waals surface area contributed by atoms with Crippen molar-refractivity contribution in [3.05, 3.63) is 0 Å². The van der Waals surface area contributed by atoms with E-state index >= 15 is 0 Å². The number of aliphatic hydroxyl groups excluding tert-OH is 1. The number of rotatable bonds is 5. The maximum Gasteiger partial charge on any atom is 0.409 e. The number of hydrogen-bond donors (Lipinski definition) is 2. The van der Waals surface area contributed by atoms with Gasteiger partial charge in [-0.15, -0.1) is 0 Å². The Morgan fingerprint density at radius 1 is 1.44 bits per heavy atom. The number of hydrogen-bond acceptors (Lipinski definition) is 5. The molecular weight excluding hydrogens is 260 g/mol. The fourth-order valence-electron chi connectivity index (χ4n) is 1.74. The molecule has 8 heteroatoms. The van der Waals surface area contributed by atoms with Crippen LogP contribution < -0.4 is 4.72 Å². The summed E-state index contributed by atoms with van der Waals surface area (Å²) in [4.78, 5) is 13.0. The van der Waals surface area contributed by atoms with Gasteiger partial charge in [0.05, 0.1) is 12.4 Å². The lowest BCUT2D eigenvalue weighted by atomic mass is 10.1. The van der Waals surface area contributed by atoms with Gasteiger partial charge in [0.25, 0.3) is 0 Å². The van der Waals surface area contributed by atoms with Crippen LogP contribution in [0.4, 0.5) is 4.79 Å². The van der Waals surface area contributed by atoms with Gasteiger partial charge in [-0.05, 0) is 19.8 Å². The summed E-state index contributed by atoms with van der Waals surface area (Å²) in [5, 5.41) is 8.54. The molecule has 2 N–H and O–H groups in total. The highest BCUT2D eigenvalue weighted by Gasteiger charge is 2.25. The van der Waals surface area contributed by atoms with Crippen molar-refractivity contribution in [2.75, 3.05) is 32.1 Å². The van der Waals surface area contributed by atoms with Gasteiger partial charge < -0.3 is 14.7 Å². The summed E-state index contributed by atoms with van der Waals surface area (Å²) in [5.74, 6) is 0.0613. The van der Waals surface area contributed by atoms with Crippen LogP contribution in [0.25, 0.3) is 0 Å². The van der Waals surface area contributed by atoms with E-state index in [0.717, 1.165) is 0 Å². The lowest BCUT2D eigenvalue weighted by Gasteiger charge is -2.31. The predicted octanol–water partition coefficient (Wildman–Crippen LogP) is -0.481. The lowest BCUT2D eigenvalue weighted by Crippen LogP contribution is -2.47. The van der Waals surface area contributed by atoms with Gasteiger partial charge in [0.1, 0.15) is 6.61 Å². The first-order valence-electron chi connectivity index (χ1n) is 6.01. The zero-order valence-corrected chi connectivity index (χ0v) is 11.3. The largest absolute Gasteiger partial charge is 0.447 e. The number of amides is 1. The first kappa shape index (κ1) is 15.2. The summed E-state index contributed by atoms with van der Waals surface area (Å²) in [6, 6.07) is -0.114. The van der Waals surface area contributed by atoms with Crippen LogP contribution in [-0.2, 0) is 14.8 Å². The monoisotopic (exact) mass is 280 g/mol. The Morgan fingerprint density at radius 3 is 2.56 bits per heavy atom. The molecule has 0 spiro atoms. The fraction of sp³-hybridized carbons (Fsp3) is 0.900. The summed E-state index contributed by atoms with van der Waals surface area (Å²) < 4.78 is 30.1. The zero-order valence-electron chi connectivity index (χ0n) is 10.5. The molecule has 0 aliphatic carbocycles. The maximum atomic E-state index is 11.5. The van der Waals surface area contributed by atoms with Crippen LogP contribution in [0, 0.1) is 0 Å². The molecule has 0 aromatic rings. The average molecular weight is 280 g/mol. The number of aliphatic hydroxyl groups is 1. The van der Waals surface area contributed by atoms with Crippen LogP contribution in [-0.4, -0.2) is 62.6 Å². The third-order valence-electron chi connectivity index (χ3n) is 2.80. The molecular formula is C10H20N2O5S. The molecule has 0 aromatic carbocycles. The Labute approximate surface area is 107 Å². The van der Waals surface area contributed by atoms with Crippen LogP contribution in [0.3, 0.4) is 0 Å². The molecule has 0 radical (unpaired) electrons. The van der Waals surface area contributed by atoms with Crippen molar-refractivity contribution in [3.8, 4) is 0 Å². The summed E-state index contributed by atoms with van der Waals surface area (Å²) in [6.45, 7) is 2.30. The van der Waals surface area contributed by atoms with Crippen LogP contribution in [0.5, 0.6) is 0 Å². The zero-order chi connectivity index (χ0) is 13.6. The number of ether oxygens (including phenoxy) is 1. The Hall–Kier alpha value is -0.860. The van der Waals surface area contributed by atoms with Crippen molar-refractivity contribution in [2.45, 2.75) is 25.8 Å². The van der Waals surface area contributed by atoms with Gasteiger partial charge in [-0.2, -0.15) is 0 Å². The molecule has 106 valence electrons. The molecule has 1 saturated heterocycles. The molecule has 1 aliphatic rings. The van der Waals surface area contributed by atoms with Crippen molar-refractivity contribution in [1.82, 2.24) is 9.62 Å². The van der Waals surface area contributed by atoms with Crippen molar-refractivity contribution in [2.24, 2.45) is 0 Å². The first-order valence-corrected chi connectivity index (χ1v) is 7.66. The number of carbonyl (C=O) groups is 1. The van der Waals surface area contributed by atoms with E-state index in [0.29, 0.717) is 25.9 Å². The van der Waals surface area contributed by atoms with Gasteiger partial charge in [-0.3, -0.25) is 0 Å². The van der Waals surface area contributed by atoms with Crippen molar-refractivity contribution in [3.63, 3.8) is 0 Å². The minimum Gasteiger partial charge on any atom is -0.447 e. The number of likely N-dealkylation sites (tertiary alicyclic amines) is 1. The second-order valence-electron chi connectivity index (χ2n) is 4.12. The van der Waals surface area contributed by atoms with Gasteiger partial charge in [0.2, 0.25) is 10.0 Å². The lowest BCUT2D eigenvalue weighted by molar-refractivity contribution is 0.0764. The second kappa shape index (κ2) is 6.91.